The van der Waals surface area contributed by atoms with Crippen LogP contribution in [0.3, 0.4) is 0 Å². The van der Waals surface area contributed by atoms with Gasteiger partial charge in [-0.1, -0.05) is 12.1 Å². The van der Waals surface area contributed by atoms with Gasteiger partial charge < -0.3 is 14.6 Å². The van der Waals surface area contributed by atoms with Gasteiger partial charge in [0.05, 0.1) is 19.2 Å². The lowest BCUT2D eigenvalue weighted by Crippen LogP contribution is -2.39. The first kappa shape index (κ1) is 19.8. The summed E-state index contributed by atoms with van der Waals surface area (Å²) in [4.78, 5) is 38.3. The van der Waals surface area contributed by atoms with Gasteiger partial charge in [-0.25, -0.2) is 4.98 Å². The van der Waals surface area contributed by atoms with Crippen LogP contribution in [0.2, 0.25) is 0 Å². The Bertz CT molecular complexity index is 1070. The van der Waals surface area contributed by atoms with E-state index in [1.807, 2.05) is 41.3 Å². The largest absolute Gasteiger partial charge is 0.497 e. The molecule has 1 saturated heterocycles. The number of aromatic amines is 1. The summed E-state index contributed by atoms with van der Waals surface area (Å²) in [7, 11) is 1.62. The Hall–Kier alpha value is -3.48. The summed E-state index contributed by atoms with van der Waals surface area (Å²) in [6.45, 7) is 1.30. The number of carbonyl (C=O) groups is 1. The molecule has 3 heterocycles. The third kappa shape index (κ3) is 4.56. The molecular weight excluding hydrogens is 380 g/mol. The van der Waals surface area contributed by atoms with Crippen LogP contribution in [0.15, 0.2) is 59.7 Å². The second-order valence-electron chi connectivity index (χ2n) is 7.44. The van der Waals surface area contributed by atoms with Crippen molar-refractivity contribution in [2.24, 2.45) is 0 Å². The number of nitrogens with one attached hydrogen (secondary N) is 1. The van der Waals surface area contributed by atoms with Gasteiger partial charge in [0.25, 0.3) is 5.56 Å². The van der Waals surface area contributed by atoms with Gasteiger partial charge >= 0.3 is 0 Å². The van der Waals surface area contributed by atoms with Gasteiger partial charge in [-0.2, -0.15) is 0 Å². The van der Waals surface area contributed by atoms with Gasteiger partial charge in [0, 0.05) is 43.0 Å². The number of ether oxygens (including phenoxy) is 1. The van der Waals surface area contributed by atoms with Gasteiger partial charge in [-0.3, -0.25) is 14.6 Å². The molecule has 7 nitrogen and oxygen atoms in total. The molecule has 1 aliphatic heterocycles. The maximum absolute atomic E-state index is 12.7. The van der Waals surface area contributed by atoms with Gasteiger partial charge in [-0.15, -0.1) is 0 Å². The fourth-order valence-electron chi connectivity index (χ4n) is 3.81. The number of benzene rings is 1. The Morgan fingerprint density at radius 1 is 1.17 bits per heavy atom. The van der Waals surface area contributed by atoms with Crippen molar-refractivity contribution in [1.82, 2.24) is 19.9 Å². The molecule has 1 N–H and O–H groups in total. The van der Waals surface area contributed by atoms with Gasteiger partial charge in [-0.05, 0) is 42.7 Å². The average molecular weight is 404 g/mol. The summed E-state index contributed by atoms with van der Waals surface area (Å²) in [5.41, 5.74) is 2.29. The van der Waals surface area contributed by atoms with Crippen molar-refractivity contribution in [2.45, 2.75) is 25.2 Å². The molecule has 1 amide bonds. The van der Waals surface area contributed by atoms with E-state index in [9.17, 15) is 9.59 Å². The summed E-state index contributed by atoms with van der Waals surface area (Å²) in [6.07, 6.45) is 5.27. The van der Waals surface area contributed by atoms with Crippen molar-refractivity contribution in [1.29, 1.82) is 0 Å². The first-order valence-corrected chi connectivity index (χ1v) is 10.0. The van der Waals surface area contributed by atoms with E-state index in [0.717, 1.165) is 29.7 Å². The highest BCUT2D eigenvalue weighted by Gasteiger charge is 2.25. The molecule has 1 aliphatic rings. The summed E-state index contributed by atoms with van der Waals surface area (Å²) in [6, 6.07) is 12.8. The number of amides is 1. The maximum Gasteiger partial charge on any atom is 0.251 e. The molecular formula is C23H24N4O3. The summed E-state index contributed by atoms with van der Waals surface area (Å²) < 4.78 is 5.23. The molecule has 7 heteroatoms. The molecule has 1 fully saturated rings. The number of rotatable bonds is 5. The van der Waals surface area contributed by atoms with Crippen LogP contribution >= 0.6 is 0 Å². The minimum absolute atomic E-state index is 0.105. The Labute approximate surface area is 174 Å². The number of hydrogen-bond donors (Lipinski definition) is 1. The number of carbonyl (C=O) groups excluding carboxylic acids is 1. The number of hydrogen-bond acceptors (Lipinski definition) is 5. The minimum Gasteiger partial charge on any atom is -0.497 e. The Kier molecular flexibility index (Phi) is 5.88. The molecule has 0 atom stereocenters. The standard InChI is InChI=1S/C23H24N4O3/c1-30-19-4-2-3-16(13-19)14-22(29)27-11-7-18(8-12-27)23-25-20(15-21(28)26-23)17-5-9-24-10-6-17/h2-6,9-10,13,15,18H,7-8,11-12,14H2,1H3,(H,25,26,28). The molecule has 4 rings (SSSR count). The van der Waals surface area contributed by atoms with Crippen LogP contribution in [0.5, 0.6) is 5.75 Å². The highest BCUT2D eigenvalue weighted by molar-refractivity contribution is 5.79. The number of nitrogens with zero attached hydrogens (tertiary/aromatic N) is 3. The van der Waals surface area contributed by atoms with Crippen LogP contribution < -0.4 is 10.3 Å². The van der Waals surface area contributed by atoms with Gasteiger partial charge in [0.15, 0.2) is 0 Å². The van der Waals surface area contributed by atoms with E-state index in [4.69, 9.17) is 4.74 Å². The molecule has 0 spiro atoms. The van der Waals surface area contributed by atoms with E-state index in [1.54, 1.807) is 19.5 Å². The third-order valence-electron chi connectivity index (χ3n) is 5.46. The van der Waals surface area contributed by atoms with E-state index in [2.05, 4.69) is 15.0 Å². The number of aromatic nitrogens is 3. The zero-order chi connectivity index (χ0) is 20.9. The average Bonchev–Trinajstić information content (AvgIpc) is 2.79. The van der Waals surface area contributed by atoms with E-state index in [1.165, 1.54) is 6.07 Å². The maximum atomic E-state index is 12.7. The van der Waals surface area contributed by atoms with Crippen LogP contribution in [-0.2, 0) is 11.2 Å². The number of likely N-dealkylation sites (tertiary alicyclic amines) is 1. The molecule has 1 aromatic carbocycles. The van der Waals surface area contributed by atoms with Gasteiger partial charge in [0.1, 0.15) is 11.6 Å². The van der Waals surface area contributed by atoms with Crippen LogP contribution in [0.4, 0.5) is 0 Å². The molecule has 0 aliphatic carbocycles. The van der Waals surface area contributed by atoms with Crippen molar-refractivity contribution in [2.75, 3.05) is 20.2 Å². The molecule has 0 saturated carbocycles. The number of H-pyrrole nitrogens is 1. The Balaban J connectivity index is 1.41. The van der Waals surface area contributed by atoms with Crippen LogP contribution in [-0.4, -0.2) is 46.0 Å². The van der Waals surface area contributed by atoms with Crippen molar-refractivity contribution < 1.29 is 9.53 Å². The number of piperidine rings is 1. The lowest BCUT2D eigenvalue weighted by molar-refractivity contribution is -0.131. The topological polar surface area (TPSA) is 88.2 Å². The van der Waals surface area contributed by atoms with Gasteiger partial charge in [0.2, 0.25) is 5.91 Å². The van der Waals surface area contributed by atoms with Crippen molar-refractivity contribution in [3.05, 3.63) is 76.6 Å². The first-order valence-electron chi connectivity index (χ1n) is 10.0. The molecule has 0 bridgehead atoms. The molecule has 30 heavy (non-hydrogen) atoms. The van der Waals surface area contributed by atoms with Crippen LogP contribution in [0, 0.1) is 0 Å². The second-order valence-corrected chi connectivity index (χ2v) is 7.44. The van der Waals surface area contributed by atoms with Crippen molar-refractivity contribution in [3.63, 3.8) is 0 Å². The fourth-order valence-corrected chi connectivity index (χ4v) is 3.81. The SMILES string of the molecule is COc1cccc(CC(=O)N2CCC(c3nc(-c4ccncc4)cc(=O)[nH]3)CC2)c1. The predicted molar refractivity (Wildman–Crippen MR) is 113 cm³/mol. The zero-order valence-corrected chi connectivity index (χ0v) is 16.9. The summed E-state index contributed by atoms with van der Waals surface area (Å²) >= 11 is 0. The Morgan fingerprint density at radius 3 is 2.67 bits per heavy atom. The first-order chi connectivity index (χ1) is 14.6. The fraction of sp³-hybridized carbons (Fsp3) is 0.304. The Morgan fingerprint density at radius 2 is 1.93 bits per heavy atom. The van der Waals surface area contributed by atoms with E-state index >= 15 is 0 Å². The minimum atomic E-state index is -0.164. The smallest absolute Gasteiger partial charge is 0.251 e. The molecule has 2 aromatic heterocycles. The summed E-state index contributed by atoms with van der Waals surface area (Å²) in [5.74, 6) is 1.67. The van der Waals surface area contributed by atoms with Crippen molar-refractivity contribution in [3.8, 4) is 17.0 Å². The monoisotopic (exact) mass is 404 g/mol. The quantitative estimate of drug-likeness (QED) is 0.706. The second kappa shape index (κ2) is 8.90. The highest BCUT2D eigenvalue weighted by atomic mass is 16.5. The molecule has 154 valence electrons. The van der Waals surface area contributed by atoms with E-state index in [0.29, 0.717) is 31.0 Å². The zero-order valence-electron chi connectivity index (χ0n) is 16.9. The predicted octanol–water partition coefficient (Wildman–Crippen LogP) is 2.79. The molecule has 3 aromatic rings. The lowest BCUT2D eigenvalue weighted by atomic mass is 9.95. The normalized spacial score (nSPS) is 14.5. The number of pyridine rings is 1. The van der Waals surface area contributed by atoms with E-state index < -0.39 is 0 Å². The molecule has 0 radical (unpaired) electrons. The van der Waals surface area contributed by atoms with Crippen LogP contribution in [0.1, 0.15) is 30.1 Å². The number of methoxy groups -OCH3 is 1. The highest BCUT2D eigenvalue weighted by Crippen LogP contribution is 2.27. The lowest BCUT2D eigenvalue weighted by Gasteiger charge is -2.31. The third-order valence-corrected chi connectivity index (χ3v) is 5.46. The van der Waals surface area contributed by atoms with Crippen molar-refractivity contribution >= 4 is 5.91 Å². The summed E-state index contributed by atoms with van der Waals surface area (Å²) in [5, 5.41) is 0. The van der Waals surface area contributed by atoms with Crippen LogP contribution in [0.25, 0.3) is 11.3 Å². The molecule has 0 unspecified atom stereocenters. The van der Waals surface area contributed by atoms with E-state index in [-0.39, 0.29) is 17.4 Å².